The fourth-order valence-corrected chi connectivity index (χ4v) is 4.25. The molecule has 0 fully saturated rings. The molecule has 0 radical (unpaired) electrons. The number of oxime groups is 1. The molecule has 24 heavy (non-hydrogen) atoms. The molecule has 0 aliphatic rings. The topological polar surface area (TPSA) is 98.5 Å². The summed E-state index contributed by atoms with van der Waals surface area (Å²) in [5.74, 6) is -0.276. The number of H-pyrrole nitrogens is 1. The molecule has 0 spiro atoms. The number of fused-ring (bicyclic) bond motifs is 1. The maximum absolute atomic E-state index is 11.8. The predicted octanol–water partition coefficient (Wildman–Crippen LogP) is 3.66. The summed E-state index contributed by atoms with van der Waals surface area (Å²) in [5, 5.41) is 25.7. The van der Waals surface area contributed by atoms with Crippen molar-refractivity contribution < 1.29 is 9.94 Å². The van der Waals surface area contributed by atoms with Gasteiger partial charge in [0.05, 0.1) is 16.0 Å². The number of nitriles is 1. The lowest BCUT2D eigenvalue weighted by molar-refractivity contribution is 0.159. The summed E-state index contributed by atoms with van der Waals surface area (Å²) in [6, 6.07) is 5.59. The normalized spacial score (nSPS) is 11.6. The molecule has 0 unspecified atom stereocenters. The third-order valence-corrected chi connectivity index (χ3v) is 5.51. The van der Waals surface area contributed by atoms with Crippen molar-refractivity contribution in [3.8, 4) is 22.3 Å². The molecule has 0 aromatic carbocycles. The first-order valence-electron chi connectivity index (χ1n) is 7.10. The van der Waals surface area contributed by atoms with Crippen LogP contribution in [0.4, 0.5) is 0 Å². The molecule has 0 saturated carbocycles. The molecule has 0 atom stereocenters. The molecule has 122 valence electrons. The summed E-state index contributed by atoms with van der Waals surface area (Å²) in [5.41, 5.74) is 0.694. The Morgan fingerprint density at radius 1 is 1.50 bits per heavy atom. The molecule has 3 rings (SSSR count). The maximum atomic E-state index is 11.8. The lowest BCUT2D eigenvalue weighted by Gasteiger charge is -2.01. The second-order valence-electron chi connectivity index (χ2n) is 4.90. The first kappa shape index (κ1) is 16.2. The SMILES string of the molecule is CCON=C(C)c1ccc(-c2csc3[nH]c(=O)c(C#N)c(O)c23)s1. The minimum absolute atomic E-state index is 0.270. The molecule has 0 amide bonds. The highest BCUT2D eigenvalue weighted by Crippen LogP contribution is 2.41. The summed E-state index contributed by atoms with van der Waals surface area (Å²) in [6.45, 7) is 4.23. The quantitative estimate of drug-likeness (QED) is 0.548. The summed E-state index contributed by atoms with van der Waals surface area (Å²) >= 11 is 2.81. The van der Waals surface area contributed by atoms with Gasteiger partial charge < -0.3 is 14.9 Å². The molecule has 6 nitrogen and oxygen atoms in total. The lowest BCUT2D eigenvalue weighted by atomic mass is 10.1. The van der Waals surface area contributed by atoms with Crippen LogP contribution in [0, 0.1) is 11.3 Å². The number of nitrogens with zero attached hydrogens (tertiary/aromatic N) is 2. The van der Waals surface area contributed by atoms with Gasteiger partial charge in [-0.2, -0.15) is 5.26 Å². The average molecular weight is 359 g/mol. The standard InChI is InChI=1S/C16H13N3O3S2/c1-3-22-19-8(2)11-4-5-12(24-11)10-7-23-16-13(10)14(20)9(6-17)15(21)18-16/h4-5,7H,3H2,1-2H3,(H2,18,20,21). The third-order valence-electron chi connectivity index (χ3n) is 3.39. The van der Waals surface area contributed by atoms with Gasteiger partial charge in [-0.15, -0.1) is 22.7 Å². The van der Waals surface area contributed by atoms with Gasteiger partial charge in [0.2, 0.25) is 0 Å². The summed E-state index contributed by atoms with van der Waals surface area (Å²) in [7, 11) is 0. The van der Waals surface area contributed by atoms with Crippen molar-refractivity contribution in [2.45, 2.75) is 13.8 Å². The van der Waals surface area contributed by atoms with E-state index in [1.165, 1.54) is 22.7 Å². The van der Waals surface area contributed by atoms with E-state index in [0.29, 0.717) is 16.8 Å². The molecular weight excluding hydrogens is 346 g/mol. The fourth-order valence-electron chi connectivity index (χ4n) is 2.25. The van der Waals surface area contributed by atoms with E-state index in [4.69, 9.17) is 10.1 Å². The molecule has 8 heteroatoms. The van der Waals surface area contributed by atoms with E-state index in [0.717, 1.165) is 21.0 Å². The highest BCUT2D eigenvalue weighted by Gasteiger charge is 2.18. The number of hydrogen-bond donors (Lipinski definition) is 2. The van der Waals surface area contributed by atoms with Crippen molar-refractivity contribution in [3.05, 3.63) is 38.3 Å². The molecule has 3 aromatic rings. The number of aromatic amines is 1. The Labute approximate surface area is 145 Å². The second-order valence-corrected chi connectivity index (χ2v) is 6.86. The van der Waals surface area contributed by atoms with Crippen LogP contribution in [0.2, 0.25) is 0 Å². The van der Waals surface area contributed by atoms with Crippen LogP contribution in [-0.2, 0) is 4.84 Å². The van der Waals surface area contributed by atoms with Crippen LogP contribution in [0.1, 0.15) is 24.3 Å². The van der Waals surface area contributed by atoms with Gasteiger partial charge in [-0.25, -0.2) is 0 Å². The largest absolute Gasteiger partial charge is 0.506 e. The molecule has 0 aliphatic heterocycles. The van der Waals surface area contributed by atoms with Crippen LogP contribution in [-0.4, -0.2) is 22.4 Å². The van der Waals surface area contributed by atoms with Gasteiger partial charge in [0.15, 0.2) is 5.56 Å². The van der Waals surface area contributed by atoms with Crippen LogP contribution >= 0.6 is 22.7 Å². The predicted molar refractivity (Wildman–Crippen MR) is 96.0 cm³/mol. The van der Waals surface area contributed by atoms with Crippen LogP contribution in [0.3, 0.4) is 0 Å². The smallest absolute Gasteiger partial charge is 0.270 e. The molecule has 3 heterocycles. The zero-order valence-corrected chi connectivity index (χ0v) is 14.5. The summed E-state index contributed by atoms with van der Waals surface area (Å²) in [4.78, 5) is 21.9. The van der Waals surface area contributed by atoms with Gasteiger partial charge in [-0.3, -0.25) is 4.79 Å². The number of hydrogen-bond acceptors (Lipinski definition) is 7. The zero-order chi connectivity index (χ0) is 17.3. The van der Waals surface area contributed by atoms with Crippen molar-refractivity contribution in [3.63, 3.8) is 0 Å². The monoisotopic (exact) mass is 359 g/mol. The van der Waals surface area contributed by atoms with E-state index < -0.39 is 5.56 Å². The highest BCUT2D eigenvalue weighted by atomic mass is 32.1. The van der Waals surface area contributed by atoms with E-state index in [-0.39, 0.29) is 11.3 Å². The van der Waals surface area contributed by atoms with Crippen molar-refractivity contribution >= 4 is 38.6 Å². The first-order chi connectivity index (χ1) is 11.6. The van der Waals surface area contributed by atoms with Crippen molar-refractivity contribution in [1.82, 2.24) is 4.98 Å². The Bertz CT molecular complexity index is 1040. The third kappa shape index (κ3) is 2.68. The van der Waals surface area contributed by atoms with Crippen molar-refractivity contribution in [2.75, 3.05) is 6.61 Å². The van der Waals surface area contributed by atoms with Gasteiger partial charge in [0, 0.05) is 15.8 Å². The molecular formula is C16H13N3O3S2. The maximum Gasteiger partial charge on any atom is 0.270 e. The number of rotatable bonds is 4. The van der Waals surface area contributed by atoms with Gasteiger partial charge in [0.1, 0.15) is 23.3 Å². The van der Waals surface area contributed by atoms with Gasteiger partial charge in [0.25, 0.3) is 5.56 Å². The van der Waals surface area contributed by atoms with E-state index in [1.807, 2.05) is 31.4 Å². The zero-order valence-electron chi connectivity index (χ0n) is 12.9. The Balaban J connectivity index is 2.13. The minimum atomic E-state index is -0.581. The van der Waals surface area contributed by atoms with E-state index in [2.05, 4.69) is 10.1 Å². The van der Waals surface area contributed by atoms with Gasteiger partial charge in [-0.05, 0) is 26.0 Å². The first-order valence-corrected chi connectivity index (χ1v) is 8.80. The minimum Gasteiger partial charge on any atom is -0.506 e. The average Bonchev–Trinajstić information content (AvgIpc) is 3.19. The Morgan fingerprint density at radius 3 is 3.00 bits per heavy atom. The number of thiophene rings is 2. The molecule has 3 aromatic heterocycles. The highest BCUT2D eigenvalue weighted by molar-refractivity contribution is 7.20. The number of pyridine rings is 1. The Kier molecular flexibility index (Phi) is 4.38. The second kappa shape index (κ2) is 6.47. The number of aromatic hydroxyl groups is 1. The lowest BCUT2D eigenvalue weighted by Crippen LogP contribution is -2.09. The molecule has 0 bridgehead atoms. The number of nitrogens with one attached hydrogen (secondary N) is 1. The molecule has 0 aliphatic carbocycles. The summed E-state index contributed by atoms with van der Waals surface area (Å²) < 4.78 is 0. The van der Waals surface area contributed by atoms with Crippen LogP contribution in [0.25, 0.3) is 20.7 Å². The Morgan fingerprint density at radius 2 is 2.29 bits per heavy atom. The van der Waals surface area contributed by atoms with E-state index in [1.54, 1.807) is 6.07 Å². The van der Waals surface area contributed by atoms with Crippen LogP contribution in [0.5, 0.6) is 5.75 Å². The van der Waals surface area contributed by atoms with Gasteiger partial charge in [-0.1, -0.05) is 5.16 Å². The number of aromatic nitrogens is 1. The van der Waals surface area contributed by atoms with Crippen LogP contribution < -0.4 is 5.56 Å². The van der Waals surface area contributed by atoms with E-state index in [9.17, 15) is 9.90 Å². The fraction of sp³-hybridized carbons (Fsp3) is 0.188. The molecule has 2 N–H and O–H groups in total. The summed E-state index contributed by atoms with van der Waals surface area (Å²) in [6.07, 6.45) is 0. The Hall–Kier alpha value is -2.63. The van der Waals surface area contributed by atoms with Crippen molar-refractivity contribution in [2.24, 2.45) is 5.16 Å². The van der Waals surface area contributed by atoms with Crippen molar-refractivity contribution in [1.29, 1.82) is 5.26 Å². The van der Waals surface area contributed by atoms with Crippen LogP contribution in [0.15, 0.2) is 27.5 Å². The molecule has 0 saturated heterocycles. The van der Waals surface area contributed by atoms with E-state index >= 15 is 0 Å². The van der Waals surface area contributed by atoms with Gasteiger partial charge >= 0.3 is 0 Å².